The third kappa shape index (κ3) is 3.33. The van der Waals surface area contributed by atoms with Gasteiger partial charge in [-0.05, 0) is 38.5 Å². The minimum Gasteiger partial charge on any atom is -0.471 e. The molecule has 1 heterocycles. The highest BCUT2D eigenvalue weighted by Gasteiger charge is 2.27. The first-order chi connectivity index (χ1) is 10.4. The van der Waals surface area contributed by atoms with Crippen molar-refractivity contribution in [1.82, 2.24) is 0 Å². The van der Waals surface area contributed by atoms with E-state index in [0.717, 1.165) is 10.9 Å². The summed E-state index contributed by atoms with van der Waals surface area (Å²) in [6.07, 6.45) is -1.34. The molecule has 2 aromatic rings. The maximum absolute atomic E-state index is 11.7. The van der Waals surface area contributed by atoms with E-state index in [4.69, 9.17) is 13.9 Å². The number of hydrogen-bond donors (Lipinski definition) is 0. The molecule has 0 saturated heterocycles. The van der Waals surface area contributed by atoms with E-state index in [1.54, 1.807) is 26.0 Å². The summed E-state index contributed by atoms with van der Waals surface area (Å²) in [4.78, 5) is 34.7. The van der Waals surface area contributed by atoms with Crippen LogP contribution in [0.5, 0.6) is 5.75 Å². The molecule has 22 heavy (non-hydrogen) atoms. The summed E-state index contributed by atoms with van der Waals surface area (Å²) in [6.45, 7) is 4.82. The molecule has 6 nitrogen and oxygen atoms in total. The Morgan fingerprint density at radius 3 is 2.64 bits per heavy atom. The molecule has 0 spiro atoms. The van der Waals surface area contributed by atoms with Crippen LogP contribution in [0.3, 0.4) is 0 Å². The number of benzene rings is 1. The summed E-state index contributed by atoms with van der Waals surface area (Å²) in [6, 6.07) is 6.16. The first-order valence-electron chi connectivity index (χ1n) is 6.80. The lowest BCUT2D eigenvalue weighted by Crippen LogP contribution is -2.35. The molecule has 0 aliphatic carbocycles. The van der Waals surface area contributed by atoms with Crippen molar-refractivity contribution < 1.29 is 23.5 Å². The van der Waals surface area contributed by atoms with Gasteiger partial charge < -0.3 is 13.9 Å². The number of ketones is 1. The second-order valence-corrected chi connectivity index (χ2v) is 4.77. The fourth-order valence-electron chi connectivity index (χ4n) is 2.03. The minimum atomic E-state index is -1.34. The maximum Gasteiger partial charge on any atom is 0.355 e. The summed E-state index contributed by atoms with van der Waals surface area (Å²) >= 11 is 0. The molecule has 0 aliphatic heterocycles. The summed E-state index contributed by atoms with van der Waals surface area (Å²) in [5.41, 5.74) is 0.621. The number of aryl methyl sites for hydroxylation is 1. The van der Waals surface area contributed by atoms with E-state index in [0.29, 0.717) is 5.58 Å². The van der Waals surface area contributed by atoms with Crippen molar-refractivity contribution in [3.05, 3.63) is 40.2 Å². The van der Waals surface area contributed by atoms with Crippen LogP contribution in [0.25, 0.3) is 11.0 Å². The van der Waals surface area contributed by atoms with Crippen molar-refractivity contribution in [3.63, 3.8) is 0 Å². The lowest BCUT2D eigenvalue weighted by Gasteiger charge is -2.15. The van der Waals surface area contributed by atoms with Gasteiger partial charge in [-0.2, -0.15) is 0 Å². The first-order valence-corrected chi connectivity index (χ1v) is 6.80. The van der Waals surface area contributed by atoms with Crippen molar-refractivity contribution in [3.8, 4) is 5.75 Å². The molecule has 0 N–H and O–H groups in total. The van der Waals surface area contributed by atoms with Crippen LogP contribution in [-0.2, 0) is 14.3 Å². The molecule has 0 amide bonds. The van der Waals surface area contributed by atoms with Gasteiger partial charge in [-0.25, -0.2) is 9.59 Å². The van der Waals surface area contributed by atoms with Gasteiger partial charge in [-0.15, -0.1) is 0 Å². The molecule has 116 valence electrons. The van der Waals surface area contributed by atoms with Gasteiger partial charge in [0.15, 0.2) is 5.78 Å². The molecule has 1 aromatic carbocycles. The molecule has 0 radical (unpaired) electrons. The number of hydrogen-bond acceptors (Lipinski definition) is 6. The third-order valence-electron chi connectivity index (χ3n) is 3.05. The number of Topliss-reactive ketones (excluding diaryl/α,β-unsaturated/α-hetero) is 1. The number of rotatable bonds is 5. The fraction of sp³-hybridized carbons (Fsp3) is 0.312. The highest BCUT2D eigenvalue weighted by molar-refractivity contribution is 6.01. The largest absolute Gasteiger partial charge is 0.471 e. The Kier molecular flexibility index (Phi) is 4.60. The Labute approximate surface area is 126 Å². The standard InChI is InChI=1S/C16H16O6/c1-4-20-16(19)15(10(3)17)21-11-5-6-12-9(2)7-14(18)22-13(12)8-11/h5-8,15H,4H2,1-3H3. The van der Waals surface area contributed by atoms with Crippen LogP contribution < -0.4 is 10.4 Å². The number of carbonyl (C=O) groups is 2. The molecule has 0 fully saturated rings. The lowest BCUT2D eigenvalue weighted by atomic mass is 10.1. The van der Waals surface area contributed by atoms with Crippen LogP contribution in [0.15, 0.2) is 33.5 Å². The van der Waals surface area contributed by atoms with Crippen LogP contribution >= 0.6 is 0 Å². The van der Waals surface area contributed by atoms with Crippen molar-refractivity contribution >= 4 is 22.7 Å². The Balaban J connectivity index is 2.36. The quantitative estimate of drug-likeness (QED) is 0.477. The topological polar surface area (TPSA) is 82.8 Å². The monoisotopic (exact) mass is 304 g/mol. The van der Waals surface area contributed by atoms with E-state index in [9.17, 15) is 14.4 Å². The van der Waals surface area contributed by atoms with Gasteiger partial charge in [0, 0.05) is 17.5 Å². The van der Waals surface area contributed by atoms with E-state index in [2.05, 4.69) is 0 Å². The van der Waals surface area contributed by atoms with Crippen molar-refractivity contribution in [2.75, 3.05) is 6.61 Å². The van der Waals surface area contributed by atoms with E-state index in [1.807, 2.05) is 0 Å². The Morgan fingerprint density at radius 1 is 1.27 bits per heavy atom. The van der Waals surface area contributed by atoms with Gasteiger partial charge in [0.2, 0.25) is 0 Å². The van der Waals surface area contributed by atoms with Gasteiger partial charge >= 0.3 is 11.6 Å². The maximum atomic E-state index is 11.7. The highest BCUT2D eigenvalue weighted by atomic mass is 16.6. The fourth-order valence-corrected chi connectivity index (χ4v) is 2.03. The number of fused-ring (bicyclic) bond motifs is 1. The summed E-state index contributed by atoms with van der Waals surface area (Å²) in [7, 11) is 0. The second kappa shape index (κ2) is 6.43. The highest BCUT2D eigenvalue weighted by Crippen LogP contribution is 2.23. The summed E-state index contributed by atoms with van der Waals surface area (Å²) < 4.78 is 15.3. The van der Waals surface area contributed by atoms with Crippen LogP contribution in [0, 0.1) is 6.92 Å². The number of esters is 1. The number of ether oxygens (including phenoxy) is 2. The molecule has 1 aromatic heterocycles. The van der Waals surface area contributed by atoms with Gasteiger partial charge in [0.25, 0.3) is 6.10 Å². The normalized spacial score (nSPS) is 12.0. The van der Waals surface area contributed by atoms with E-state index in [1.165, 1.54) is 19.1 Å². The lowest BCUT2D eigenvalue weighted by molar-refractivity contribution is -0.154. The Hall–Kier alpha value is -2.63. The second-order valence-electron chi connectivity index (χ2n) is 4.77. The molecule has 0 saturated carbocycles. The average Bonchev–Trinajstić information content (AvgIpc) is 2.44. The Morgan fingerprint density at radius 2 is 2.00 bits per heavy atom. The zero-order valence-corrected chi connectivity index (χ0v) is 12.5. The predicted octanol–water partition coefficient (Wildman–Crippen LogP) is 2.00. The minimum absolute atomic E-state index is 0.151. The van der Waals surface area contributed by atoms with Gasteiger partial charge in [0.1, 0.15) is 11.3 Å². The Bertz CT molecular complexity index is 774. The average molecular weight is 304 g/mol. The van der Waals surface area contributed by atoms with E-state index < -0.39 is 23.5 Å². The summed E-state index contributed by atoms with van der Waals surface area (Å²) in [5.74, 6) is -0.973. The molecule has 1 atom stereocenters. The first kappa shape index (κ1) is 15.8. The van der Waals surface area contributed by atoms with Crippen molar-refractivity contribution in [2.45, 2.75) is 26.9 Å². The van der Waals surface area contributed by atoms with Gasteiger partial charge in [0.05, 0.1) is 6.61 Å². The molecule has 1 unspecified atom stereocenters. The smallest absolute Gasteiger partial charge is 0.355 e. The zero-order valence-electron chi connectivity index (χ0n) is 12.5. The third-order valence-corrected chi connectivity index (χ3v) is 3.05. The van der Waals surface area contributed by atoms with Crippen molar-refractivity contribution in [1.29, 1.82) is 0 Å². The summed E-state index contributed by atoms with van der Waals surface area (Å²) in [5, 5.41) is 0.752. The van der Waals surface area contributed by atoms with Crippen LogP contribution in [-0.4, -0.2) is 24.5 Å². The van der Waals surface area contributed by atoms with Crippen LogP contribution in [0.1, 0.15) is 19.4 Å². The molecular formula is C16H16O6. The molecule has 0 aliphatic rings. The van der Waals surface area contributed by atoms with Crippen LogP contribution in [0.2, 0.25) is 0 Å². The molecule has 0 bridgehead atoms. The molecule has 2 rings (SSSR count). The van der Waals surface area contributed by atoms with E-state index >= 15 is 0 Å². The number of carbonyl (C=O) groups excluding carboxylic acids is 2. The molecular weight excluding hydrogens is 288 g/mol. The van der Waals surface area contributed by atoms with E-state index in [-0.39, 0.29) is 12.4 Å². The van der Waals surface area contributed by atoms with Gasteiger partial charge in [-0.1, -0.05) is 0 Å². The predicted molar refractivity (Wildman–Crippen MR) is 79.0 cm³/mol. The van der Waals surface area contributed by atoms with Gasteiger partial charge in [-0.3, -0.25) is 4.79 Å². The SMILES string of the molecule is CCOC(=O)C(Oc1ccc2c(C)cc(=O)oc2c1)C(C)=O. The van der Waals surface area contributed by atoms with Crippen LogP contribution in [0.4, 0.5) is 0 Å². The zero-order chi connectivity index (χ0) is 16.3. The molecule has 6 heteroatoms. The van der Waals surface area contributed by atoms with Crippen molar-refractivity contribution in [2.24, 2.45) is 0 Å².